The summed E-state index contributed by atoms with van der Waals surface area (Å²) in [5.74, 6) is 0.0538. The highest BCUT2D eigenvalue weighted by Gasteiger charge is 2.20. The first-order valence-corrected chi connectivity index (χ1v) is 6.92. The fraction of sp³-hybridized carbons (Fsp3) is 0.533. The number of benzene rings is 1. The number of rotatable bonds is 5. The number of nitrogens with zero attached hydrogens (tertiary/aromatic N) is 1. The van der Waals surface area contributed by atoms with Gasteiger partial charge in [0.25, 0.3) is 5.91 Å². The summed E-state index contributed by atoms with van der Waals surface area (Å²) < 4.78 is 0. The van der Waals surface area contributed by atoms with Gasteiger partial charge in [-0.3, -0.25) is 4.79 Å². The van der Waals surface area contributed by atoms with Gasteiger partial charge in [-0.05, 0) is 50.5 Å². The molecule has 1 aliphatic rings. The van der Waals surface area contributed by atoms with Crippen LogP contribution in [0.4, 0.5) is 5.69 Å². The number of carbonyl (C=O) groups is 1. The van der Waals surface area contributed by atoms with Crippen LogP contribution in [0.3, 0.4) is 0 Å². The van der Waals surface area contributed by atoms with Crippen LogP contribution >= 0.6 is 0 Å². The van der Waals surface area contributed by atoms with E-state index in [2.05, 4.69) is 5.32 Å². The van der Waals surface area contributed by atoms with Crippen molar-refractivity contribution in [3.63, 3.8) is 0 Å². The summed E-state index contributed by atoms with van der Waals surface area (Å²) in [7, 11) is 0. The first kappa shape index (κ1) is 13.9. The molecule has 0 bridgehead atoms. The molecule has 2 N–H and O–H groups in total. The Hall–Kier alpha value is -1.55. The van der Waals surface area contributed by atoms with Crippen molar-refractivity contribution in [3.05, 3.63) is 29.3 Å². The lowest BCUT2D eigenvalue weighted by Crippen LogP contribution is -2.38. The van der Waals surface area contributed by atoms with E-state index in [-0.39, 0.29) is 18.6 Å². The van der Waals surface area contributed by atoms with Gasteiger partial charge in [0.05, 0.1) is 0 Å². The molecular formula is C15H22N2O2. The molecule has 0 aromatic heterocycles. The lowest BCUT2D eigenvalue weighted by atomic mass is 10.1. The van der Waals surface area contributed by atoms with Crippen molar-refractivity contribution < 1.29 is 9.90 Å². The molecule has 0 unspecified atom stereocenters. The number of aliphatic hydroxyl groups is 1. The Morgan fingerprint density at radius 3 is 2.95 bits per heavy atom. The van der Waals surface area contributed by atoms with Gasteiger partial charge in [-0.1, -0.05) is 0 Å². The summed E-state index contributed by atoms with van der Waals surface area (Å²) in [6.45, 7) is 5.67. The first-order chi connectivity index (χ1) is 9.13. The molecule has 0 spiro atoms. The molecule has 0 fully saturated rings. The van der Waals surface area contributed by atoms with Gasteiger partial charge in [-0.15, -0.1) is 0 Å². The van der Waals surface area contributed by atoms with Crippen LogP contribution in [0.2, 0.25) is 0 Å². The van der Waals surface area contributed by atoms with E-state index >= 15 is 0 Å². The van der Waals surface area contributed by atoms with E-state index < -0.39 is 0 Å². The lowest BCUT2D eigenvalue weighted by molar-refractivity contribution is 0.0693. The van der Waals surface area contributed by atoms with Crippen LogP contribution in [-0.2, 0) is 6.42 Å². The SMILES string of the molecule is CC(C)N(CCCO)C(=O)c1ccc2c(c1)CCN2. The molecular weight excluding hydrogens is 240 g/mol. The van der Waals surface area contributed by atoms with Crippen molar-refractivity contribution in [2.24, 2.45) is 0 Å². The topological polar surface area (TPSA) is 52.6 Å². The van der Waals surface area contributed by atoms with E-state index in [4.69, 9.17) is 5.11 Å². The zero-order valence-corrected chi connectivity index (χ0v) is 11.6. The first-order valence-electron chi connectivity index (χ1n) is 6.92. The highest BCUT2D eigenvalue weighted by atomic mass is 16.3. The Morgan fingerprint density at radius 1 is 1.47 bits per heavy atom. The van der Waals surface area contributed by atoms with Gasteiger partial charge in [-0.25, -0.2) is 0 Å². The summed E-state index contributed by atoms with van der Waals surface area (Å²) >= 11 is 0. The smallest absolute Gasteiger partial charge is 0.254 e. The third-order valence-electron chi connectivity index (χ3n) is 3.50. The number of carbonyl (C=O) groups excluding carboxylic acids is 1. The molecule has 1 aromatic carbocycles. The molecule has 104 valence electrons. The molecule has 0 radical (unpaired) electrons. The van der Waals surface area contributed by atoms with E-state index in [1.807, 2.05) is 36.9 Å². The molecule has 1 amide bonds. The van der Waals surface area contributed by atoms with Gasteiger partial charge in [0.15, 0.2) is 0 Å². The van der Waals surface area contributed by atoms with E-state index in [1.54, 1.807) is 0 Å². The molecule has 1 aromatic rings. The summed E-state index contributed by atoms with van der Waals surface area (Å²) in [6.07, 6.45) is 1.60. The van der Waals surface area contributed by atoms with Gasteiger partial charge < -0.3 is 15.3 Å². The van der Waals surface area contributed by atoms with Gasteiger partial charge in [0.1, 0.15) is 0 Å². The Balaban J connectivity index is 2.16. The largest absolute Gasteiger partial charge is 0.396 e. The van der Waals surface area contributed by atoms with Crippen molar-refractivity contribution in [3.8, 4) is 0 Å². The standard InChI is InChI=1S/C15H22N2O2/c1-11(2)17(8-3-9-18)15(19)13-4-5-14-12(10-13)6-7-16-14/h4-5,10-11,16,18H,3,6-9H2,1-2H3. The molecule has 1 aliphatic heterocycles. The number of fused-ring (bicyclic) bond motifs is 1. The minimum atomic E-state index is 0.0538. The second-order valence-electron chi connectivity index (χ2n) is 5.22. The maximum Gasteiger partial charge on any atom is 0.254 e. The molecule has 0 saturated heterocycles. The highest BCUT2D eigenvalue weighted by molar-refractivity contribution is 5.95. The molecule has 4 nitrogen and oxygen atoms in total. The van der Waals surface area contributed by atoms with Crippen LogP contribution in [0.5, 0.6) is 0 Å². The number of hydrogen-bond acceptors (Lipinski definition) is 3. The number of nitrogens with one attached hydrogen (secondary N) is 1. The molecule has 0 atom stereocenters. The Bertz CT molecular complexity index is 457. The number of amides is 1. The van der Waals surface area contributed by atoms with E-state index in [0.29, 0.717) is 13.0 Å². The zero-order valence-electron chi connectivity index (χ0n) is 11.6. The second-order valence-corrected chi connectivity index (χ2v) is 5.22. The predicted octanol–water partition coefficient (Wildman–Crippen LogP) is 1.89. The summed E-state index contributed by atoms with van der Waals surface area (Å²) in [5, 5.41) is 12.2. The van der Waals surface area contributed by atoms with Gasteiger partial charge in [0, 0.05) is 37.0 Å². The fourth-order valence-electron chi connectivity index (χ4n) is 2.44. The molecule has 19 heavy (non-hydrogen) atoms. The van der Waals surface area contributed by atoms with Crippen molar-refractivity contribution in [2.45, 2.75) is 32.7 Å². The average Bonchev–Trinajstić information content (AvgIpc) is 2.85. The van der Waals surface area contributed by atoms with Gasteiger partial charge in [-0.2, -0.15) is 0 Å². The minimum Gasteiger partial charge on any atom is -0.396 e. The maximum absolute atomic E-state index is 12.5. The summed E-state index contributed by atoms with van der Waals surface area (Å²) in [6, 6.07) is 6.00. The zero-order chi connectivity index (χ0) is 13.8. The average molecular weight is 262 g/mol. The van der Waals surface area contributed by atoms with Gasteiger partial charge in [0.2, 0.25) is 0 Å². The Labute approximate surface area is 114 Å². The van der Waals surface area contributed by atoms with Crippen molar-refractivity contribution in [1.29, 1.82) is 0 Å². The van der Waals surface area contributed by atoms with Crippen LogP contribution in [-0.4, -0.2) is 41.7 Å². The van der Waals surface area contributed by atoms with Gasteiger partial charge >= 0.3 is 0 Å². The van der Waals surface area contributed by atoms with Crippen LogP contribution < -0.4 is 5.32 Å². The minimum absolute atomic E-state index is 0.0538. The molecule has 0 saturated carbocycles. The molecule has 4 heteroatoms. The van der Waals surface area contributed by atoms with Crippen molar-refractivity contribution >= 4 is 11.6 Å². The van der Waals surface area contributed by atoms with Crippen LogP contribution in [0.1, 0.15) is 36.2 Å². The van der Waals surface area contributed by atoms with E-state index in [9.17, 15) is 4.79 Å². The molecule has 2 rings (SSSR count). The fourth-order valence-corrected chi connectivity index (χ4v) is 2.44. The third-order valence-corrected chi connectivity index (χ3v) is 3.50. The summed E-state index contributed by atoms with van der Waals surface area (Å²) in [5.41, 5.74) is 3.11. The van der Waals surface area contributed by atoms with Crippen LogP contribution in [0.15, 0.2) is 18.2 Å². The number of aliphatic hydroxyl groups excluding tert-OH is 1. The molecule has 0 aliphatic carbocycles. The maximum atomic E-state index is 12.5. The quantitative estimate of drug-likeness (QED) is 0.852. The van der Waals surface area contributed by atoms with Crippen LogP contribution in [0, 0.1) is 0 Å². The normalized spacial score (nSPS) is 13.3. The highest BCUT2D eigenvalue weighted by Crippen LogP contribution is 2.24. The monoisotopic (exact) mass is 262 g/mol. The number of anilines is 1. The lowest BCUT2D eigenvalue weighted by Gasteiger charge is -2.26. The van der Waals surface area contributed by atoms with Crippen molar-refractivity contribution in [1.82, 2.24) is 4.90 Å². The third kappa shape index (κ3) is 3.07. The van der Waals surface area contributed by atoms with E-state index in [1.165, 1.54) is 5.56 Å². The van der Waals surface area contributed by atoms with Crippen LogP contribution in [0.25, 0.3) is 0 Å². The Kier molecular flexibility index (Phi) is 4.43. The Morgan fingerprint density at radius 2 is 2.26 bits per heavy atom. The second kappa shape index (κ2) is 6.06. The number of hydrogen-bond donors (Lipinski definition) is 2. The van der Waals surface area contributed by atoms with E-state index in [0.717, 1.165) is 24.2 Å². The van der Waals surface area contributed by atoms with Crippen molar-refractivity contribution in [2.75, 3.05) is 25.0 Å². The predicted molar refractivity (Wildman–Crippen MR) is 76.5 cm³/mol. The molecule has 1 heterocycles. The summed E-state index contributed by atoms with van der Waals surface area (Å²) in [4.78, 5) is 14.3.